The van der Waals surface area contributed by atoms with Gasteiger partial charge in [-0.2, -0.15) is 0 Å². The minimum Gasteiger partial charge on any atom is -0.396 e. The Morgan fingerprint density at radius 3 is 2.77 bits per heavy atom. The lowest BCUT2D eigenvalue weighted by atomic mass is 9.97. The second kappa shape index (κ2) is 5.03. The van der Waals surface area contributed by atoms with Crippen molar-refractivity contribution in [1.29, 1.82) is 0 Å². The number of aliphatic hydroxyl groups excluding tert-OH is 1. The third-order valence-corrected chi connectivity index (χ3v) is 2.29. The van der Waals surface area contributed by atoms with Crippen molar-refractivity contribution in [2.75, 3.05) is 6.61 Å². The molecule has 1 nitrogen and oxygen atoms in total. The van der Waals surface area contributed by atoms with Crippen LogP contribution in [0.4, 0.5) is 0 Å². The van der Waals surface area contributed by atoms with Crippen LogP contribution in [0.5, 0.6) is 0 Å². The molecular formula is C12H18O. The molecule has 0 saturated heterocycles. The maximum absolute atomic E-state index is 8.77. The molecule has 0 aromatic heterocycles. The highest BCUT2D eigenvalue weighted by atomic mass is 16.3. The fourth-order valence-corrected chi connectivity index (χ4v) is 1.56. The van der Waals surface area contributed by atoms with Gasteiger partial charge in [0.05, 0.1) is 0 Å². The van der Waals surface area contributed by atoms with Gasteiger partial charge in [0.1, 0.15) is 0 Å². The van der Waals surface area contributed by atoms with Crippen LogP contribution >= 0.6 is 0 Å². The predicted molar refractivity (Wildman–Crippen MR) is 55.7 cm³/mol. The van der Waals surface area contributed by atoms with E-state index in [1.807, 2.05) is 0 Å². The highest BCUT2D eigenvalue weighted by Gasteiger charge is 2.02. The van der Waals surface area contributed by atoms with Gasteiger partial charge < -0.3 is 5.11 Å². The Morgan fingerprint density at radius 1 is 1.38 bits per heavy atom. The van der Waals surface area contributed by atoms with Crippen LogP contribution in [0.1, 0.15) is 24.5 Å². The third-order valence-electron chi connectivity index (χ3n) is 2.29. The lowest BCUT2D eigenvalue weighted by Crippen LogP contribution is -2.02. The topological polar surface area (TPSA) is 20.2 Å². The van der Waals surface area contributed by atoms with E-state index >= 15 is 0 Å². The zero-order valence-electron chi connectivity index (χ0n) is 8.46. The van der Waals surface area contributed by atoms with Crippen molar-refractivity contribution in [2.45, 2.75) is 26.7 Å². The van der Waals surface area contributed by atoms with Crippen LogP contribution in [0.3, 0.4) is 0 Å². The van der Waals surface area contributed by atoms with Gasteiger partial charge in [0.15, 0.2) is 0 Å². The van der Waals surface area contributed by atoms with E-state index in [1.54, 1.807) is 0 Å². The molecule has 72 valence electrons. The Labute approximate surface area is 80.4 Å². The molecular weight excluding hydrogens is 160 g/mol. The number of benzene rings is 1. The van der Waals surface area contributed by atoms with Crippen molar-refractivity contribution in [3.8, 4) is 0 Å². The van der Waals surface area contributed by atoms with Crippen molar-refractivity contribution in [3.63, 3.8) is 0 Å². The van der Waals surface area contributed by atoms with Crippen LogP contribution in [0.2, 0.25) is 0 Å². The Bertz CT molecular complexity index is 255. The average molecular weight is 178 g/mol. The Morgan fingerprint density at radius 2 is 2.15 bits per heavy atom. The number of hydrogen-bond acceptors (Lipinski definition) is 1. The number of aliphatic hydroxyl groups is 1. The summed E-state index contributed by atoms with van der Waals surface area (Å²) in [5.74, 6) is 0.576. The second-order valence-electron chi connectivity index (χ2n) is 3.81. The zero-order valence-corrected chi connectivity index (χ0v) is 8.46. The normalized spacial score (nSPS) is 12.8. The summed E-state index contributed by atoms with van der Waals surface area (Å²) in [6, 6.07) is 8.57. The van der Waals surface area contributed by atoms with Gasteiger partial charge >= 0.3 is 0 Å². The van der Waals surface area contributed by atoms with E-state index < -0.39 is 0 Å². The molecule has 0 aliphatic carbocycles. The fraction of sp³-hybridized carbons (Fsp3) is 0.500. The Hall–Kier alpha value is -0.820. The van der Waals surface area contributed by atoms with E-state index in [9.17, 15) is 0 Å². The molecule has 1 aromatic rings. The van der Waals surface area contributed by atoms with Crippen molar-refractivity contribution >= 4 is 0 Å². The zero-order chi connectivity index (χ0) is 9.68. The van der Waals surface area contributed by atoms with Crippen molar-refractivity contribution in [1.82, 2.24) is 0 Å². The van der Waals surface area contributed by atoms with E-state index in [0.29, 0.717) is 12.5 Å². The monoisotopic (exact) mass is 178 g/mol. The first-order valence-corrected chi connectivity index (χ1v) is 4.88. The first kappa shape index (κ1) is 10.3. The molecule has 1 heteroatoms. The SMILES string of the molecule is Cc1cccc(CC(C)CCO)c1. The summed E-state index contributed by atoms with van der Waals surface area (Å²) in [5, 5.41) is 8.77. The van der Waals surface area contributed by atoms with E-state index in [0.717, 1.165) is 12.8 Å². The van der Waals surface area contributed by atoms with Crippen LogP contribution in [0, 0.1) is 12.8 Å². The molecule has 0 saturated carbocycles. The van der Waals surface area contributed by atoms with Gasteiger partial charge in [0.2, 0.25) is 0 Å². The van der Waals surface area contributed by atoms with Crippen LogP contribution in [-0.2, 0) is 6.42 Å². The minimum atomic E-state index is 0.299. The summed E-state index contributed by atoms with van der Waals surface area (Å²) in [6.45, 7) is 4.59. The highest BCUT2D eigenvalue weighted by Crippen LogP contribution is 2.12. The fourth-order valence-electron chi connectivity index (χ4n) is 1.56. The quantitative estimate of drug-likeness (QED) is 0.751. The summed E-state index contributed by atoms with van der Waals surface area (Å²) in [7, 11) is 0. The van der Waals surface area contributed by atoms with Gasteiger partial charge in [-0.15, -0.1) is 0 Å². The highest BCUT2D eigenvalue weighted by molar-refractivity contribution is 5.22. The smallest absolute Gasteiger partial charge is 0.0433 e. The van der Waals surface area contributed by atoms with Crippen LogP contribution < -0.4 is 0 Å². The minimum absolute atomic E-state index is 0.299. The number of rotatable bonds is 4. The molecule has 13 heavy (non-hydrogen) atoms. The van der Waals surface area contributed by atoms with Gasteiger partial charge in [-0.25, -0.2) is 0 Å². The maximum atomic E-state index is 8.77. The number of aryl methyl sites for hydroxylation is 1. The summed E-state index contributed by atoms with van der Waals surface area (Å²) in [6.07, 6.45) is 1.97. The average Bonchev–Trinajstić information content (AvgIpc) is 2.04. The van der Waals surface area contributed by atoms with Crippen molar-refractivity contribution < 1.29 is 5.11 Å². The third kappa shape index (κ3) is 3.60. The number of hydrogen-bond donors (Lipinski definition) is 1. The molecule has 1 rings (SSSR count). The van der Waals surface area contributed by atoms with Crippen molar-refractivity contribution in [3.05, 3.63) is 35.4 Å². The Kier molecular flexibility index (Phi) is 3.97. The molecule has 1 atom stereocenters. The molecule has 0 heterocycles. The Balaban J connectivity index is 2.53. The lowest BCUT2D eigenvalue weighted by Gasteiger charge is -2.09. The molecule has 1 aromatic carbocycles. The van der Waals surface area contributed by atoms with E-state index in [2.05, 4.69) is 38.1 Å². The van der Waals surface area contributed by atoms with Gasteiger partial charge in [-0.1, -0.05) is 36.8 Å². The van der Waals surface area contributed by atoms with Gasteiger partial charge in [-0.05, 0) is 31.2 Å². The molecule has 0 radical (unpaired) electrons. The molecule has 0 amide bonds. The maximum Gasteiger partial charge on any atom is 0.0433 e. The molecule has 0 spiro atoms. The van der Waals surface area contributed by atoms with Crippen LogP contribution in [0.15, 0.2) is 24.3 Å². The van der Waals surface area contributed by atoms with E-state index in [-0.39, 0.29) is 0 Å². The molecule has 0 bridgehead atoms. The van der Waals surface area contributed by atoms with Crippen LogP contribution in [0.25, 0.3) is 0 Å². The van der Waals surface area contributed by atoms with Crippen molar-refractivity contribution in [2.24, 2.45) is 5.92 Å². The summed E-state index contributed by atoms with van der Waals surface area (Å²) < 4.78 is 0. The van der Waals surface area contributed by atoms with Gasteiger partial charge in [0.25, 0.3) is 0 Å². The molecule has 1 N–H and O–H groups in total. The molecule has 1 unspecified atom stereocenters. The lowest BCUT2D eigenvalue weighted by molar-refractivity contribution is 0.262. The summed E-state index contributed by atoms with van der Waals surface area (Å²) >= 11 is 0. The van der Waals surface area contributed by atoms with Crippen LogP contribution in [-0.4, -0.2) is 11.7 Å². The summed E-state index contributed by atoms with van der Waals surface area (Å²) in [4.78, 5) is 0. The standard InChI is InChI=1S/C12H18O/c1-10-4-3-5-12(8-10)9-11(2)6-7-13/h3-5,8,11,13H,6-7,9H2,1-2H3. The van der Waals surface area contributed by atoms with Gasteiger partial charge in [-0.3, -0.25) is 0 Å². The second-order valence-corrected chi connectivity index (χ2v) is 3.81. The van der Waals surface area contributed by atoms with E-state index in [4.69, 9.17) is 5.11 Å². The van der Waals surface area contributed by atoms with Gasteiger partial charge in [0, 0.05) is 6.61 Å². The summed E-state index contributed by atoms with van der Waals surface area (Å²) in [5.41, 5.74) is 2.69. The molecule has 0 fully saturated rings. The van der Waals surface area contributed by atoms with E-state index in [1.165, 1.54) is 11.1 Å². The first-order chi connectivity index (χ1) is 6.22. The first-order valence-electron chi connectivity index (χ1n) is 4.88. The predicted octanol–water partition coefficient (Wildman–Crippen LogP) is 2.56. The molecule has 0 aliphatic heterocycles. The molecule has 0 aliphatic rings. The largest absolute Gasteiger partial charge is 0.396 e.